The van der Waals surface area contributed by atoms with E-state index in [1.54, 1.807) is 27.0 Å². The van der Waals surface area contributed by atoms with Crippen molar-refractivity contribution in [2.75, 3.05) is 60.8 Å². The van der Waals surface area contributed by atoms with Gasteiger partial charge < -0.3 is 31.3 Å². The van der Waals surface area contributed by atoms with Gasteiger partial charge in [-0.05, 0) is 19.0 Å². The molecule has 0 radical (unpaired) electrons. The summed E-state index contributed by atoms with van der Waals surface area (Å²) in [6, 6.07) is 0.712. The lowest BCUT2D eigenvalue weighted by Crippen LogP contribution is -2.59. The maximum Gasteiger partial charge on any atom is 0.529 e. The van der Waals surface area contributed by atoms with Gasteiger partial charge in [-0.25, -0.2) is 0 Å². The molecule has 0 amide bonds. The number of rotatable bonds is 10. The van der Waals surface area contributed by atoms with Gasteiger partial charge in [-0.15, -0.1) is 0 Å². The van der Waals surface area contributed by atoms with Crippen molar-refractivity contribution < 1.29 is 31.3 Å². The second-order valence-electron chi connectivity index (χ2n) is 6.56. The second kappa shape index (κ2) is 10.4. The molecule has 2 bridgehead atoms. The number of nitrogens with zero attached hydrogens (tertiary/aromatic N) is 1. The van der Waals surface area contributed by atoms with Crippen molar-refractivity contribution in [2.24, 2.45) is 0 Å². The first-order valence-electron chi connectivity index (χ1n) is 9.09. The fourth-order valence-electron chi connectivity index (χ4n) is 3.31. The molecule has 0 aromatic heterocycles. The minimum absolute atomic E-state index is 0.0667. The van der Waals surface area contributed by atoms with Crippen LogP contribution in [0.25, 0.3) is 0 Å². The molecule has 0 spiro atoms. The Morgan fingerprint density at radius 1 is 1.19 bits per heavy atom. The van der Waals surface area contributed by atoms with E-state index in [0.29, 0.717) is 25.9 Å². The van der Waals surface area contributed by atoms with Crippen molar-refractivity contribution in [3.63, 3.8) is 0 Å². The Kier molecular flexibility index (Phi) is 8.87. The number of fused-ring (bicyclic) bond motifs is 6. The first kappa shape index (κ1) is 22.1. The summed E-state index contributed by atoms with van der Waals surface area (Å²) in [5, 5.41) is 0. The molecule has 8 nitrogen and oxygen atoms in total. The van der Waals surface area contributed by atoms with E-state index in [-0.39, 0.29) is 12.2 Å². The Bertz CT molecular complexity index is 433. The molecule has 0 saturated carbocycles. The molecule has 3 fully saturated rings. The molecule has 4 unspecified atom stereocenters. The van der Waals surface area contributed by atoms with Gasteiger partial charge in [-0.1, -0.05) is 6.58 Å². The van der Waals surface area contributed by atoms with Crippen LogP contribution in [0, 0.1) is 0 Å². The average molecular weight is 408 g/mol. The predicted molar refractivity (Wildman–Crippen MR) is 101 cm³/mol. The molecule has 0 aromatic carbocycles. The zero-order chi connectivity index (χ0) is 19.0. The van der Waals surface area contributed by atoms with Crippen LogP contribution >= 0.6 is 0 Å². The third-order valence-electron chi connectivity index (χ3n) is 4.64. The van der Waals surface area contributed by atoms with Crippen LogP contribution in [0.1, 0.15) is 13.3 Å². The fourth-order valence-corrected chi connectivity index (χ4v) is 7.12. The summed E-state index contributed by atoms with van der Waals surface area (Å²) in [7, 11) is -0.508. The van der Waals surface area contributed by atoms with Crippen molar-refractivity contribution >= 4 is 17.6 Å². The summed E-state index contributed by atoms with van der Waals surface area (Å²) in [5.74, 6) is 0. The van der Waals surface area contributed by atoms with E-state index in [9.17, 15) is 0 Å². The van der Waals surface area contributed by atoms with Crippen LogP contribution < -0.4 is 0 Å². The van der Waals surface area contributed by atoms with Crippen LogP contribution in [0.4, 0.5) is 0 Å². The van der Waals surface area contributed by atoms with Gasteiger partial charge in [-0.2, -0.15) is 0 Å². The summed E-state index contributed by atoms with van der Waals surface area (Å²) in [6.45, 7) is 10.2. The first-order chi connectivity index (χ1) is 12.5. The van der Waals surface area contributed by atoms with Gasteiger partial charge in [0.05, 0.1) is 25.4 Å². The summed E-state index contributed by atoms with van der Waals surface area (Å²) < 4.78 is 40.4. The van der Waals surface area contributed by atoms with E-state index in [1.165, 1.54) is 0 Å². The van der Waals surface area contributed by atoms with Crippen LogP contribution in [-0.4, -0.2) is 95.5 Å². The molecular weight excluding hydrogens is 374 g/mol. The highest BCUT2D eigenvalue weighted by atomic mass is 28.4. The summed E-state index contributed by atoms with van der Waals surface area (Å²) in [4.78, 5) is 2.30. The summed E-state index contributed by atoms with van der Waals surface area (Å²) in [6.07, 6.45) is 0.769. The van der Waals surface area contributed by atoms with Crippen molar-refractivity contribution in [2.45, 2.75) is 31.6 Å². The molecule has 3 heterocycles. The van der Waals surface area contributed by atoms with Crippen molar-refractivity contribution in [1.82, 2.24) is 4.90 Å². The molecule has 3 saturated heterocycles. The molecule has 0 aromatic rings. The van der Waals surface area contributed by atoms with Gasteiger partial charge in [-0.3, -0.25) is 4.90 Å². The third kappa shape index (κ3) is 5.93. The van der Waals surface area contributed by atoms with Crippen LogP contribution in [0.3, 0.4) is 0 Å². The minimum atomic E-state index is -2.84. The SMILES string of the molecule is C=C[Si]12OCCN(CC(C)O1)CC(COCCC[Si](OC)(OC)OC)O2. The molecule has 3 aliphatic rings. The standard InChI is InChI=1S/C16H33NO7Si2/c1-6-25-22-10-8-17(12-15(2)23-25)13-16(24-25)14-21-9-7-11-26(18-3,19-4)20-5/h6,15-16H,1,7-14H2,2-5H3. The minimum Gasteiger partial charge on any atom is -0.379 e. The van der Waals surface area contributed by atoms with E-state index in [1.807, 2.05) is 6.92 Å². The van der Waals surface area contributed by atoms with Crippen molar-refractivity contribution in [1.29, 1.82) is 0 Å². The highest BCUT2D eigenvalue weighted by Gasteiger charge is 2.46. The third-order valence-corrected chi connectivity index (χ3v) is 9.97. The van der Waals surface area contributed by atoms with Crippen LogP contribution in [0.5, 0.6) is 0 Å². The van der Waals surface area contributed by atoms with E-state index >= 15 is 0 Å². The van der Waals surface area contributed by atoms with Crippen LogP contribution in [0.2, 0.25) is 6.04 Å². The Hall–Kier alpha value is -0.146. The highest BCUT2D eigenvalue weighted by molar-refractivity contribution is 6.66. The average Bonchev–Trinajstić information content (AvgIpc) is 2.61. The lowest BCUT2D eigenvalue weighted by atomic mass is 10.3. The second-order valence-corrected chi connectivity index (χ2v) is 12.0. The Morgan fingerprint density at radius 3 is 2.58 bits per heavy atom. The van der Waals surface area contributed by atoms with Crippen molar-refractivity contribution in [3.05, 3.63) is 12.3 Å². The summed E-state index contributed by atoms with van der Waals surface area (Å²) in [5.41, 5.74) is 1.73. The number of hydrogen-bond donors (Lipinski definition) is 0. The molecule has 10 heteroatoms. The van der Waals surface area contributed by atoms with E-state index in [2.05, 4.69) is 11.5 Å². The zero-order valence-corrected chi connectivity index (χ0v) is 18.4. The lowest BCUT2D eigenvalue weighted by Gasteiger charge is -2.42. The maximum absolute atomic E-state index is 6.22. The van der Waals surface area contributed by atoms with E-state index in [0.717, 1.165) is 26.1 Å². The predicted octanol–water partition coefficient (Wildman–Crippen LogP) is 1.07. The maximum atomic E-state index is 6.22. The van der Waals surface area contributed by atoms with Crippen molar-refractivity contribution in [3.8, 4) is 0 Å². The Labute approximate surface area is 159 Å². The number of ether oxygens (including phenoxy) is 1. The largest absolute Gasteiger partial charge is 0.529 e. The molecule has 0 aliphatic carbocycles. The monoisotopic (exact) mass is 407 g/mol. The molecule has 3 aliphatic heterocycles. The molecular formula is C16H33NO7Si2. The van der Waals surface area contributed by atoms with Crippen LogP contribution in [-0.2, 0) is 31.3 Å². The topological polar surface area (TPSA) is 67.9 Å². The number of hydrogen-bond acceptors (Lipinski definition) is 8. The van der Waals surface area contributed by atoms with Crippen LogP contribution in [0.15, 0.2) is 12.3 Å². The molecule has 0 N–H and O–H groups in total. The zero-order valence-electron chi connectivity index (χ0n) is 16.4. The molecule has 152 valence electrons. The van der Waals surface area contributed by atoms with Gasteiger partial charge in [0, 0.05) is 53.6 Å². The normalized spacial score (nSPS) is 32.7. The molecule has 26 heavy (non-hydrogen) atoms. The summed E-state index contributed by atoms with van der Waals surface area (Å²) >= 11 is 0. The molecule has 4 atom stereocenters. The van der Waals surface area contributed by atoms with Gasteiger partial charge >= 0.3 is 17.6 Å². The van der Waals surface area contributed by atoms with Gasteiger partial charge in [0.1, 0.15) is 0 Å². The highest BCUT2D eigenvalue weighted by Crippen LogP contribution is 2.23. The van der Waals surface area contributed by atoms with Gasteiger partial charge in [0.25, 0.3) is 0 Å². The van der Waals surface area contributed by atoms with E-state index < -0.39 is 17.6 Å². The lowest BCUT2D eigenvalue weighted by molar-refractivity contribution is -0.0766. The quantitative estimate of drug-likeness (QED) is 0.394. The van der Waals surface area contributed by atoms with E-state index in [4.69, 9.17) is 31.3 Å². The fraction of sp³-hybridized carbons (Fsp3) is 0.875. The Morgan fingerprint density at radius 2 is 1.92 bits per heavy atom. The van der Waals surface area contributed by atoms with Gasteiger partial charge in [0.15, 0.2) is 0 Å². The van der Waals surface area contributed by atoms with Gasteiger partial charge in [0.2, 0.25) is 0 Å². The molecule has 3 rings (SSSR count). The smallest absolute Gasteiger partial charge is 0.379 e. The first-order valence-corrected chi connectivity index (χ1v) is 12.8. The Balaban J connectivity index is 1.82.